The molecule has 0 atom stereocenters. The Bertz CT molecular complexity index is 1670. The van der Waals surface area contributed by atoms with Gasteiger partial charge in [-0.1, -0.05) is 23.7 Å². The summed E-state index contributed by atoms with van der Waals surface area (Å²) in [7, 11) is 2.16. The monoisotopic (exact) mass is 540 g/mol. The average molecular weight is 541 g/mol. The van der Waals surface area contributed by atoms with Gasteiger partial charge in [-0.15, -0.1) is 0 Å². The lowest BCUT2D eigenvalue weighted by atomic mass is 10.0. The first-order valence-corrected chi connectivity index (χ1v) is 13.4. The third kappa shape index (κ3) is 5.01. The van der Waals surface area contributed by atoms with Crippen LogP contribution in [0.5, 0.6) is 0 Å². The zero-order valence-electron chi connectivity index (χ0n) is 21.9. The van der Waals surface area contributed by atoms with Crippen LogP contribution in [0.1, 0.15) is 6.92 Å². The number of anilines is 3. The SMILES string of the molecule is CCn1c(=O)c(-c2ccc(-c3ccoc3)cc2Cl)cc2cnc(Nc3ccc(N4CCN(C)CC4)cc3)nc21. The fourth-order valence-electron chi connectivity index (χ4n) is 5.00. The molecule has 8 nitrogen and oxygen atoms in total. The summed E-state index contributed by atoms with van der Waals surface area (Å²) in [4.78, 5) is 27.5. The molecule has 9 heteroatoms. The van der Waals surface area contributed by atoms with Crippen LogP contribution >= 0.6 is 11.6 Å². The number of nitrogens with zero attached hydrogens (tertiary/aromatic N) is 5. The van der Waals surface area contributed by atoms with Crippen molar-refractivity contribution in [3.8, 4) is 22.3 Å². The van der Waals surface area contributed by atoms with Crippen molar-refractivity contribution in [2.75, 3.05) is 43.4 Å². The summed E-state index contributed by atoms with van der Waals surface area (Å²) in [5, 5.41) is 4.54. The quantitative estimate of drug-likeness (QED) is 0.288. The fourth-order valence-corrected chi connectivity index (χ4v) is 5.28. The van der Waals surface area contributed by atoms with Gasteiger partial charge in [-0.05, 0) is 62.0 Å². The maximum atomic E-state index is 13.6. The molecule has 0 aliphatic carbocycles. The first-order chi connectivity index (χ1) is 19.0. The van der Waals surface area contributed by atoms with Crippen molar-refractivity contribution < 1.29 is 4.42 Å². The molecule has 1 saturated heterocycles. The summed E-state index contributed by atoms with van der Waals surface area (Å²) in [5.74, 6) is 0.437. The van der Waals surface area contributed by atoms with E-state index in [-0.39, 0.29) is 5.56 Å². The van der Waals surface area contributed by atoms with Gasteiger partial charge in [0.1, 0.15) is 5.65 Å². The van der Waals surface area contributed by atoms with Gasteiger partial charge >= 0.3 is 0 Å². The molecule has 5 aromatic rings. The highest BCUT2D eigenvalue weighted by atomic mass is 35.5. The summed E-state index contributed by atoms with van der Waals surface area (Å²) in [6.07, 6.45) is 5.02. The largest absolute Gasteiger partial charge is 0.472 e. The van der Waals surface area contributed by atoms with Gasteiger partial charge in [-0.2, -0.15) is 4.98 Å². The molecule has 198 valence electrons. The van der Waals surface area contributed by atoms with Crippen molar-refractivity contribution in [3.63, 3.8) is 0 Å². The Labute approximate surface area is 231 Å². The number of halogens is 1. The predicted molar refractivity (Wildman–Crippen MR) is 157 cm³/mol. The highest BCUT2D eigenvalue weighted by Gasteiger charge is 2.17. The number of pyridine rings is 1. The smallest absolute Gasteiger partial charge is 0.260 e. The van der Waals surface area contributed by atoms with E-state index < -0.39 is 0 Å². The third-order valence-electron chi connectivity index (χ3n) is 7.25. The van der Waals surface area contributed by atoms with E-state index in [1.54, 1.807) is 23.3 Å². The molecule has 0 spiro atoms. The number of aromatic nitrogens is 3. The van der Waals surface area contributed by atoms with E-state index >= 15 is 0 Å². The standard InChI is InChI=1S/C30H29ClN6O2/c1-3-37-28-22(16-26(29(37)38)25-9-4-20(17-27(25)31)21-10-15-39-19-21)18-32-30(34-28)33-23-5-7-24(8-6-23)36-13-11-35(2)12-14-36/h4-10,15-19H,3,11-14H2,1-2H3,(H,32,33,34). The second-order valence-electron chi connectivity index (χ2n) is 9.75. The van der Waals surface area contributed by atoms with E-state index in [2.05, 4.69) is 39.3 Å². The fraction of sp³-hybridized carbons (Fsp3) is 0.233. The molecule has 0 amide bonds. The lowest BCUT2D eigenvalue weighted by Gasteiger charge is -2.34. The predicted octanol–water partition coefficient (Wildman–Crippen LogP) is 5.89. The average Bonchev–Trinajstić information content (AvgIpc) is 3.49. The first-order valence-electron chi connectivity index (χ1n) is 13.0. The van der Waals surface area contributed by atoms with Crippen LogP contribution in [0, 0.1) is 0 Å². The van der Waals surface area contributed by atoms with E-state index in [0.29, 0.717) is 34.3 Å². The van der Waals surface area contributed by atoms with Gasteiger partial charge < -0.3 is 19.5 Å². The minimum absolute atomic E-state index is 0.149. The molecule has 4 heterocycles. The van der Waals surface area contributed by atoms with E-state index in [1.807, 2.05) is 49.4 Å². The molecule has 0 saturated carbocycles. The van der Waals surface area contributed by atoms with Crippen LogP contribution in [-0.2, 0) is 6.54 Å². The summed E-state index contributed by atoms with van der Waals surface area (Å²) in [6, 6.07) is 17.6. The molecule has 1 N–H and O–H groups in total. The molecule has 2 aromatic carbocycles. The maximum Gasteiger partial charge on any atom is 0.260 e. The number of likely N-dealkylation sites (N-methyl/N-ethyl adjacent to an activating group) is 1. The number of benzene rings is 2. The van der Waals surface area contributed by atoms with Crippen molar-refractivity contribution >= 4 is 40.0 Å². The highest BCUT2D eigenvalue weighted by molar-refractivity contribution is 6.33. The maximum absolute atomic E-state index is 13.6. The van der Waals surface area contributed by atoms with Gasteiger partial charge in [0.05, 0.1) is 12.5 Å². The Hall–Kier alpha value is -4.14. The molecule has 1 fully saturated rings. The van der Waals surface area contributed by atoms with E-state index in [4.69, 9.17) is 21.0 Å². The van der Waals surface area contributed by atoms with Gasteiger partial charge in [-0.3, -0.25) is 9.36 Å². The van der Waals surface area contributed by atoms with Gasteiger partial charge in [0.2, 0.25) is 5.95 Å². The van der Waals surface area contributed by atoms with Crippen molar-refractivity contribution in [1.29, 1.82) is 0 Å². The lowest BCUT2D eigenvalue weighted by molar-refractivity contribution is 0.313. The molecule has 1 aliphatic rings. The Morgan fingerprint density at radius 3 is 2.46 bits per heavy atom. The number of rotatable bonds is 6. The zero-order valence-corrected chi connectivity index (χ0v) is 22.7. The molecule has 1 aliphatic heterocycles. The van der Waals surface area contributed by atoms with Crippen LogP contribution in [0.25, 0.3) is 33.3 Å². The topological polar surface area (TPSA) is 79.4 Å². The molecule has 39 heavy (non-hydrogen) atoms. The molecule has 3 aromatic heterocycles. The highest BCUT2D eigenvalue weighted by Crippen LogP contribution is 2.32. The van der Waals surface area contributed by atoms with Gasteiger partial charge in [0.25, 0.3) is 5.56 Å². The Balaban J connectivity index is 1.29. The minimum atomic E-state index is -0.149. The number of hydrogen-bond acceptors (Lipinski definition) is 7. The molecule has 6 rings (SSSR count). The third-order valence-corrected chi connectivity index (χ3v) is 7.56. The zero-order chi connectivity index (χ0) is 26.9. The Kier molecular flexibility index (Phi) is 6.81. The van der Waals surface area contributed by atoms with E-state index in [9.17, 15) is 4.79 Å². The van der Waals surface area contributed by atoms with Crippen molar-refractivity contribution in [1.82, 2.24) is 19.4 Å². The number of nitrogens with one attached hydrogen (secondary N) is 1. The normalized spacial score (nSPS) is 14.2. The van der Waals surface area contributed by atoms with Crippen LogP contribution < -0.4 is 15.8 Å². The van der Waals surface area contributed by atoms with Crippen LogP contribution in [0.15, 0.2) is 82.5 Å². The second kappa shape index (κ2) is 10.6. The molecular formula is C30H29ClN6O2. The molecule has 0 bridgehead atoms. The Morgan fingerprint density at radius 1 is 0.974 bits per heavy atom. The summed E-state index contributed by atoms with van der Waals surface area (Å²) < 4.78 is 6.84. The summed E-state index contributed by atoms with van der Waals surface area (Å²) in [5.41, 5.74) is 5.54. The first kappa shape index (κ1) is 25.2. The van der Waals surface area contributed by atoms with Crippen LogP contribution in [0.2, 0.25) is 5.02 Å². The number of aryl methyl sites for hydroxylation is 1. The van der Waals surface area contributed by atoms with Crippen molar-refractivity contribution in [3.05, 3.63) is 88.7 Å². The Morgan fingerprint density at radius 2 is 1.77 bits per heavy atom. The van der Waals surface area contributed by atoms with Crippen LogP contribution in [0.4, 0.5) is 17.3 Å². The lowest BCUT2D eigenvalue weighted by Crippen LogP contribution is -2.44. The molecule has 0 radical (unpaired) electrons. The summed E-state index contributed by atoms with van der Waals surface area (Å²) >= 11 is 6.66. The van der Waals surface area contributed by atoms with Gasteiger partial charge in [0, 0.05) is 77.4 Å². The van der Waals surface area contributed by atoms with E-state index in [1.165, 1.54) is 5.69 Å². The van der Waals surface area contributed by atoms with Crippen LogP contribution in [-0.4, -0.2) is 52.7 Å². The van der Waals surface area contributed by atoms with Gasteiger partial charge in [-0.25, -0.2) is 4.98 Å². The number of fused-ring (bicyclic) bond motifs is 1. The number of hydrogen-bond donors (Lipinski definition) is 1. The number of furan rings is 1. The van der Waals surface area contributed by atoms with Crippen LogP contribution in [0.3, 0.4) is 0 Å². The van der Waals surface area contributed by atoms with Crippen molar-refractivity contribution in [2.24, 2.45) is 0 Å². The molecule has 0 unspecified atom stereocenters. The number of piperazine rings is 1. The van der Waals surface area contributed by atoms with Crippen molar-refractivity contribution in [2.45, 2.75) is 13.5 Å². The minimum Gasteiger partial charge on any atom is -0.472 e. The summed E-state index contributed by atoms with van der Waals surface area (Å²) in [6.45, 7) is 6.56. The second-order valence-corrected chi connectivity index (χ2v) is 10.2. The molecular weight excluding hydrogens is 512 g/mol. The van der Waals surface area contributed by atoms with E-state index in [0.717, 1.165) is 48.4 Å². The van der Waals surface area contributed by atoms with Gasteiger partial charge in [0.15, 0.2) is 0 Å².